The van der Waals surface area contributed by atoms with Crippen molar-refractivity contribution in [1.29, 1.82) is 0 Å². The van der Waals surface area contributed by atoms with Crippen molar-refractivity contribution >= 4 is 27.6 Å². The Morgan fingerprint density at radius 3 is 2.46 bits per heavy atom. The van der Waals surface area contributed by atoms with Gasteiger partial charge in [0.15, 0.2) is 9.84 Å². The molecule has 0 bridgehead atoms. The van der Waals surface area contributed by atoms with Crippen LogP contribution >= 0.6 is 11.6 Å². The fourth-order valence-corrected chi connectivity index (χ4v) is 3.51. The molecule has 2 atom stereocenters. The number of alkyl halides is 1. The van der Waals surface area contributed by atoms with Crippen LogP contribution in [0.4, 0.5) is 4.79 Å². The van der Waals surface area contributed by atoms with Crippen molar-refractivity contribution in [2.75, 3.05) is 18.6 Å². The molecular weight excluding hydrogens is 220 g/mol. The minimum Gasteiger partial charge on any atom is -0.438 e. The number of rotatable bonds is 1. The van der Waals surface area contributed by atoms with Gasteiger partial charge in [0.1, 0.15) is 6.10 Å². The topological polar surface area (TPSA) is 69.7 Å². The molecule has 0 aliphatic carbocycles. The van der Waals surface area contributed by atoms with Crippen LogP contribution in [0.15, 0.2) is 0 Å². The summed E-state index contributed by atoms with van der Waals surface area (Å²) in [5.41, 5.74) is 0. The second kappa shape index (κ2) is 3.71. The summed E-state index contributed by atoms with van der Waals surface area (Å²) >= 11 is 5.65. The maximum absolute atomic E-state index is 11.0. The summed E-state index contributed by atoms with van der Waals surface area (Å²) in [6.07, 6.45) is -1.70. The third-order valence-electron chi connectivity index (χ3n) is 1.65. The minimum absolute atomic E-state index is 0.157. The van der Waals surface area contributed by atoms with Crippen LogP contribution in [-0.2, 0) is 19.3 Å². The zero-order chi connectivity index (χ0) is 10.1. The molecule has 0 aromatic heterocycles. The molecule has 1 aliphatic rings. The summed E-state index contributed by atoms with van der Waals surface area (Å²) in [4.78, 5) is 10.6. The van der Waals surface area contributed by atoms with E-state index in [1.807, 2.05) is 0 Å². The Bertz CT molecular complexity index is 298. The highest BCUT2D eigenvalue weighted by Crippen LogP contribution is 2.21. The second-order valence-corrected chi connectivity index (χ2v) is 5.42. The lowest BCUT2D eigenvalue weighted by Crippen LogP contribution is -2.26. The minimum atomic E-state index is -3.16. The fourth-order valence-electron chi connectivity index (χ4n) is 1.05. The molecule has 76 valence electrons. The Morgan fingerprint density at radius 1 is 1.46 bits per heavy atom. The monoisotopic (exact) mass is 228 g/mol. The molecule has 1 fully saturated rings. The van der Waals surface area contributed by atoms with Crippen LogP contribution in [0.3, 0.4) is 0 Å². The highest BCUT2D eigenvalue weighted by molar-refractivity contribution is 7.91. The SMILES string of the molecule is COC(=O)OC1CS(=O)(=O)CC1Cl. The van der Waals surface area contributed by atoms with Gasteiger partial charge in [0.2, 0.25) is 0 Å². The van der Waals surface area contributed by atoms with Gasteiger partial charge in [-0.1, -0.05) is 0 Å². The van der Waals surface area contributed by atoms with Crippen LogP contribution in [0, 0.1) is 0 Å². The molecule has 1 aliphatic heterocycles. The first-order chi connectivity index (χ1) is 5.94. The predicted octanol–water partition coefficient (Wildman–Crippen LogP) is 0.174. The normalized spacial score (nSPS) is 31.2. The summed E-state index contributed by atoms with van der Waals surface area (Å²) < 4.78 is 30.9. The quantitative estimate of drug-likeness (QED) is 0.473. The summed E-state index contributed by atoms with van der Waals surface area (Å²) in [7, 11) is -2.02. The van der Waals surface area contributed by atoms with Crippen LogP contribution in [0.25, 0.3) is 0 Å². The van der Waals surface area contributed by atoms with Gasteiger partial charge in [-0.25, -0.2) is 13.2 Å². The number of carbonyl (C=O) groups excluding carboxylic acids is 1. The van der Waals surface area contributed by atoms with Crippen molar-refractivity contribution in [2.45, 2.75) is 11.5 Å². The number of ether oxygens (including phenoxy) is 2. The zero-order valence-corrected chi connectivity index (χ0v) is 8.47. The van der Waals surface area contributed by atoms with E-state index >= 15 is 0 Å². The summed E-state index contributed by atoms with van der Waals surface area (Å²) in [6.45, 7) is 0. The number of hydrogen-bond donors (Lipinski definition) is 0. The van der Waals surface area contributed by atoms with Gasteiger partial charge in [0.25, 0.3) is 0 Å². The molecule has 1 heterocycles. The van der Waals surface area contributed by atoms with E-state index < -0.39 is 27.5 Å². The van der Waals surface area contributed by atoms with E-state index in [1.54, 1.807) is 0 Å². The van der Waals surface area contributed by atoms with Gasteiger partial charge in [-0.3, -0.25) is 0 Å². The third kappa shape index (κ3) is 2.73. The van der Waals surface area contributed by atoms with Crippen molar-refractivity contribution < 1.29 is 22.7 Å². The predicted molar refractivity (Wildman–Crippen MR) is 45.6 cm³/mol. The Kier molecular flexibility index (Phi) is 3.02. The second-order valence-electron chi connectivity index (χ2n) is 2.70. The number of sulfone groups is 1. The zero-order valence-electron chi connectivity index (χ0n) is 6.90. The van der Waals surface area contributed by atoms with E-state index in [0.717, 1.165) is 7.11 Å². The van der Waals surface area contributed by atoms with Gasteiger partial charge in [-0.2, -0.15) is 0 Å². The molecule has 0 aromatic rings. The molecule has 2 unspecified atom stereocenters. The molecule has 7 heteroatoms. The molecule has 5 nitrogen and oxygen atoms in total. The number of carbonyl (C=O) groups is 1. The molecular formula is C6H9ClO5S. The van der Waals surface area contributed by atoms with Gasteiger partial charge in [0, 0.05) is 0 Å². The highest BCUT2D eigenvalue weighted by Gasteiger charge is 2.39. The van der Waals surface area contributed by atoms with E-state index in [-0.39, 0.29) is 11.5 Å². The van der Waals surface area contributed by atoms with E-state index in [0.29, 0.717) is 0 Å². The van der Waals surface area contributed by atoms with Crippen LogP contribution in [0.5, 0.6) is 0 Å². The molecule has 1 rings (SSSR count). The summed E-state index contributed by atoms with van der Waals surface area (Å²) in [5.74, 6) is -0.382. The van der Waals surface area contributed by atoms with Crippen molar-refractivity contribution in [3.05, 3.63) is 0 Å². The molecule has 0 aromatic carbocycles. The van der Waals surface area contributed by atoms with Crippen molar-refractivity contribution in [3.63, 3.8) is 0 Å². The third-order valence-corrected chi connectivity index (χ3v) is 3.97. The van der Waals surface area contributed by atoms with Gasteiger partial charge in [-0.15, -0.1) is 11.6 Å². The molecule has 0 radical (unpaired) electrons. The van der Waals surface area contributed by atoms with Gasteiger partial charge >= 0.3 is 6.16 Å². The first-order valence-electron chi connectivity index (χ1n) is 3.54. The Morgan fingerprint density at radius 2 is 2.08 bits per heavy atom. The molecule has 1 saturated heterocycles. The van der Waals surface area contributed by atoms with E-state index in [1.165, 1.54) is 0 Å². The summed E-state index contributed by atoms with van der Waals surface area (Å²) in [6, 6.07) is 0. The van der Waals surface area contributed by atoms with E-state index in [4.69, 9.17) is 11.6 Å². The van der Waals surface area contributed by atoms with Crippen LogP contribution in [0.1, 0.15) is 0 Å². The van der Waals surface area contributed by atoms with E-state index in [2.05, 4.69) is 9.47 Å². The largest absolute Gasteiger partial charge is 0.508 e. The van der Waals surface area contributed by atoms with Crippen molar-refractivity contribution in [1.82, 2.24) is 0 Å². The Labute approximate surface area is 80.9 Å². The van der Waals surface area contributed by atoms with Crippen LogP contribution < -0.4 is 0 Å². The van der Waals surface area contributed by atoms with Crippen molar-refractivity contribution in [3.8, 4) is 0 Å². The summed E-state index contributed by atoms with van der Waals surface area (Å²) in [5, 5.41) is -0.677. The van der Waals surface area contributed by atoms with Gasteiger partial charge in [0.05, 0.1) is 24.0 Å². The smallest absolute Gasteiger partial charge is 0.438 e. The molecule has 0 spiro atoms. The highest BCUT2D eigenvalue weighted by atomic mass is 35.5. The lowest BCUT2D eigenvalue weighted by Gasteiger charge is -2.11. The van der Waals surface area contributed by atoms with E-state index in [9.17, 15) is 13.2 Å². The lowest BCUT2D eigenvalue weighted by molar-refractivity contribution is 0.0469. The fraction of sp³-hybridized carbons (Fsp3) is 0.833. The average molecular weight is 229 g/mol. The lowest BCUT2D eigenvalue weighted by atomic mass is 10.3. The first kappa shape index (κ1) is 10.6. The first-order valence-corrected chi connectivity index (χ1v) is 5.79. The Hall–Kier alpha value is -0.490. The maximum Gasteiger partial charge on any atom is 0.508 e. The molecule has 0 N–H and O–H groups in total. The molecule has 13 heavy (non-hydrogen) atoms. The maximum atomic E-state index is 11.0. The van der Waals surface area contributed by atoms with Crippen LogP contribution in [0.2, 0.25) is 0 Å². The number of hydrogen-bond acceptors (Lipinski definition) is 5. The van der Waals surface area contributed by atoms with Gasteiger partial charge < -0.3 is 9.47 Å². The molecule has 0 saturated carbocycles. The average Bonchev–Trinajstić information content (AvgIpc) is 2.24. The Balaban J connectivity index is 2.59. The van der Waals surface area contributed by atoms with Crippen molar-refractivity contribution in [2.24, 2.45) is 0 Å². The van der Waals surface area contributed by atoms with Gasteiger partial charge in [-0.05, 0) is 0 Å². The number of halogens is 1. The number of methoxy groups -OCH3 is 1. The standard InChI is InChI=1S/C6H9ClO5S/c1-11-6(8)12-5-3-13(9,10)2-4(5)7/h4-5H,2-3H2,1H3. The molecule has 0 amide bonds. The van der Waals surface area contributed by atoms with Crippen LogP contribution in [-0.4, -0.2) is 44.7 Å².